The van der Waals surface area contributed by atoms with Crippen LogP contribution in [0.4, 0.5) is 4.79 Å². The van der Waals surface area contributed by atoms with Gasteiger partial charge in [0.25, 0.3) is 0 Å². The van der Waals surface area contributed by atoms with Gasteiger partial charge in [0.2, 0.25) is 5.89 Å². The van der Waals surface area contributed by atoms with Gasteiger partial charge in [-0.1, -0.05) is 29.4 Å². The van der Waals surface area contributed by atoms with Gasteiger partial charge in [-0.3, -0.25) is 4.90 Å². The lowest BCUT2D eigenvalue weighted by atomic mass is 10.1. The van der Waals surface area contributed by atoms with Crippen LogP contribution < -0.4 is 10.6 Å². The SMILES string of the molecule is O=C(NCc1nc(C2CC2)no1)NCc1ccccc1CN1CCOCC1. The van der Waals surface area contributed by atoms with Gasteiger partial charge >= 0.3 is 6.03 Å². The van der Waals surface area contributed by atoms with Gasteiger partial charge < -0.3 is 19.9 Å². The Morgan fingerprint density at radius 3 is 2.63 bits per heavy atom. The number of hydrogen-bond acceptors (Lipinski definition) is 6. The highest BCUT2D eigenvalue weighted by Gasteiger charge is 2.28. The molecule has 0 unspecified atom stereocenters. The van der Waals surface area contributed by atoms with Gasteiger partial charge in [0.15, 0.2) is 5.82 Å². The molecule has 1 aliphatic heterocycles. The lowest BCUT2D eigenvalue weighted by Crippen LogP contribution is -2.37. The molecule has 0 radical (unpaired) electrons. The topological polar surface area (TPSA) is 92.5 Å². The molecule has 8 nitrogen and oxygen atoms in total. The van der Waals surface area contributed by atoms with Crippen molar-refractivity contribution in [1.82, 2.24) is 25.7 Å². The highest BCUT2D eigenvalue weighted by atomic mass is 16.5. The molecule has 27 heavy (non-hydrogen) atoms. The Labute approximate surface area is 158 Å². The van der Waals surface area contributed by atoms with Gasteiger partial charge in [0.05, 0.1) is 19.8 Å². The monoisotopic (exact) mass is 371 g/mol. The summed E-state index contributed by atoms with van der Waals surface area (Å²) in [5, 5.41) is 9.62. The Kier molecular flexibility index (Phi) is 5.64. The fourth-order valence-electron chi connectivity index (χ4n) is 3.13. The normalized spacial score (nSPS) is 17.6. The Bertz CT molecular complexity index is 768. The second-order valence-corrected chi connectivity index (χ2v) is 7.01. The summed E-state index contributed by atoms with van der Waals surface area (Å²) in [4.78, 5) is 18.8. The van der Waals surface area contributed by atoms with Gasteiger partial charge in [-0.05, 0) is 24.0 Å². The molecule has 2 amide bonds. The summed E-state index contributed by atoms with van der Waals surface area (Å²) in [7, 11) is 0. The maximum absolute atomic E-state index is 12.1. The maximum Gasteiger partial charge on any atom is 0.315 e. The third-order valence-corrected chi connectivity index (χ3v) is 4.88. The fourth-order valence-corrected chi connectivity index (χ4v) is 3.13. The van der Waals surface area contributed by atoms with Crippen molar-refractivity contribution in [2.45, 2.75) is 38.4 Å². The van der Waals surface area contributed by atoms with Crippen molar-refractivity contribution in [2.75, 3.05) is 26.3 Å². The van der Waals surface area contributed by atoms with Gasteiger partial charge in [-0.2, -0.15) is 4.98 Å². The van der Waals surface area contributed by atoms with Crippen LogP contribution in [0.1, 0.15) is 41.6 Å². The minimum absolute atomic E-state index is 0.237. The van der Waals surface area contributed by atoms with Gasteiger partial charge in [0.1, 0.15) is 0 Å². The predicted octanol–water partition coefficient (Wildman–Crippen LogP) is 1.78. The minimum Gasteiger partial charge on any atom is -0.379 e. The number of ether oxygens (including phenoxy) is 1. The Morgan fingerprint density at radius 2 is 1.85 bits per heavy atom. The number of urea groups is 1. The van der Waals surface area contributed by atoms with E-state index in [-0.39, 0.29) is 12.6 Å². The van der Waals surface area contributed by atoms with Crippen molar-refractivity contribution >= 4 is 6.03 Å². The van der Waals surface area contributed by atoms with Gasteiger partial charge in [-0.25, -0.2) is 4.79 Å². The van der Waals surface area contributed by atoms with Crippen molar-refractivity contribution in [1.29, 1.82) is 0 Å². The van der Waals surface area contributed by atoms with Crippen LogP contribution in [0.3, 0.4) is 0 Å². The van der Waals surface area contributed by atoms with Crippen LogP contribution in [0, 0.1) is 0 Å². The highest BCUT2D eigenvalue weighted by Crippen LogP contribution is 2.38. The van der Waals surface area contributed by atoms with E-state index in [2.05, 4.69) is 37.8 Å². The third kappa shape index (κ3) is 5.05. The second-order valence-electron chi connectivity index (χ2n) is 7.01. The van der Waals surface area contributed by atoms with Crippen LogP contribution in [-0.4, -0.2) is 47.4 Å². The molecule has 2 N–H and O–H groups in total. The number of carbonyl (C=O) groups is 1. The molecule has 4 rings (SSSR count). The fraction of sp³-hybridized carbons (Fsp3) is 0.526. The van der Waals surface area contributed by atoms with E-state index < -0.39 is 0 Å². The van der Waals surface area contributed by atoms with Crippen LogP contribution in [0.2, 0.25) is 0 Å². The standard InChI is InChI=1S/C19H25N5O3/c25-19(21-12-17-22-18(23-27-17)14-5-6-14)20-11-15-3-1-2-4-16(15)13-24-7-9-26-10-8-24/h1-4,14H,5-13H2,(H2,20,21,25). The molecule has 2 heterocycles. The zero-order valence-electron chi connectivity index (χ0n) is 15.3. The van der Waals surface area contributed by atoms with E-state index in [9.17, 15) is 4.79 Å². The summed E-state index contributed by atoms with van der Waals surface area (Å²) in [6.45, 7) is 5.02. The molecule has 1 saturated carbocycles. The van der Waals surface area contributed by atoms with Crippen LogP contribution in [0.15, 0.2) is 28.8 Å². The molecule has 2 aliphatic rings. The highest BCUT2D eigenvalue weighted by molar-refractivity contribution is 5.73. The summed E-state index contributed by atoms with van der Waals surface area (Å²) < 4.78 is 10.6. The molecule has 2 fully saturated rings. The van der Waals surface area contributed by atoms with Crippen LogP contribution in [0.5, 0.6) is 0 Å². The van der Waals surface area contributed by atoms with E-state index in [0.717, 1.165) is 57.1 Å². The smallest absolute Gasteiger partial charge is 0.315 e. The van der Waals surface area contributed by atoms with E-state index in [4.69, 9.17) is 9.26 Å². The molecular formula is C19H25N5O3. The predicted molar refractivity (Wildman–Crippen MR) is 97.9 cm³/mol. The Hall–Kier alpha value is -2.45. The molecule has 1 aliphatic carbocycles. The number of rotatable bonds is 7. The maximum atomic E-state index is 12.1. The van der Waals surface area contributed by atoms with E-state index in [1.54, 1.807) is 0 Å². The Morgan fingerprint density at radius 1 is 1.11 bits per heavy atom. The zero-order chi connectivity index (χ0) is 18.5. The van der Waals surface area contributed by atoms with Crippen molar-refractivity contribution in [2.24, 2.45) is 0 Å². The lowest BCUT2D eigenvalue weighted by molar-refractivity contribution is 0.0341. The quantitative estimate of drug-likeness (QED) is 0.771. The lowest BCUT2D eigenvalue weighted by Gasteiger charge is -2.27. The van der Waals surface area contributed by atoms with Gasteiger partial charge in [-0.15, -0.1) is 0 Å². The number of carbonyl (C=O) groups excluding carboxylic acids is 1. The molecule has 0 bridgehead atoms. The Balaban J connectivity index is 1.25. The van der Waals surface area contributed by atoms with Crippen molar-refractivity contribution in [3.8, 4) is 0 Å². The van der Waals surface area contributed by atoms with Crippen molar-refractivity contribution in [3.05, 3.63) is 47.1 Å². The van der Waals surface area contributed by atoms with Crippen LogP contribution in [-0.2, 0) is 24.4 Å². The molecule has 144 valence electrons. The molecule has 8 heteroatoms. The first kappa shape index (κ1) is 17.9. The molecule has 1 saturated heterocycles. The second kappa shape index (κ2) is 8.49. The first-order valence-corrected chi connectivity index (χ1v) is 9.49. The molecular weight excluding hydrogens is 346 g/mol. The van der Waals surface area contributed by atoms with Crippen LogP contribution in [0.25, 0.3) is 0 Å². The summed E-state index contributed by atoms with van der Waals surface area (Å²) in [5.74, 6) is 1.64. The van der Waals surface area contributed by atoms with E-state index in [1.807, 2.05) is 12.1 Å². The number of nitrogens with one attached hydrogen (secondary N) is 2. The van der Waals surface area contributed by atoms with Crippen molar-refractivity contribution in [3.63, 3.8) is 0 Å². The minimum atomic E-state index is -0.248. The van der Waals surface area contributed by atoms with E-state index in [0.29, 0.717) is 18.4 Å². The molecule has 1 aromatic carbocycles. The first-order chi connectivity index (χ1) is 13.3. The summed E-state index contributed by atoms with van der Waals surface area (Å²) in [6.07, 6.45) is 2.24. The van der Waals surface area contributed by atoms with E-state index in [1.165, 1.54) is 5.56 Å². The molecule has 1 aromatic heterocycles. The summed E-state index contributed by atoms with van der Waals surface area (Å²) in [6, 6.07) is 7.95. The summed E-state index contributed by atoms with van der Waals surface area (Å²) >= 11 is 0. The summed E-state index contributed by atoms with van der Waals surface area (Å²) in [5.41, 5.74) is 2.35. The van der Waals surface area contributed by atoms with Crippen LogP contribution >= 0.6 is 0 Å². The zero-order valence-corrected chi connectivity index (χ0v) is 15.3. The third-order valence-electron chi connectivity index (χ3n) is 4.88. The molecule has 0 spiro atoms. The van der Waals surface area contributed by atoms with Gasteiger partial charge in [0, 0.05) is 32.1 Å². The number of morpholine rings is 1. The average molecular weight is 371 g/mol. The molecule has 0 atom stereocenters. The number of hydrogen-bond donors (Lipinski definition) is 2. The average Bonchev–Trinajstić information content (AvgIpc) is 3.44. The largest absolute Gasteiger partial charge is 0.379 e. The number of aromatic nitrogens is 2. The molecule has 2 aromatic rings. The number of amides is 2. The first-order valence-electron chi connectivity index (χ1n) is 9.49. The number of nitrogens with zero attached hydrogens (tertiary/aromatic N) is 3. The number of benzene rings is 1. The van der Waals surface area contributed by atoms with E-state index >= 15 is 0 Å². The van der Waals surface area contributed by atoms with Crippen molar-refractivity contribution < 1.29 is 14.1 Å².